The highest BCUT2D eigenvalue weighted by atomic mass is 16.2. The average molecular weight is 365 g/mol. The molecule has 0 saturated carbocycles. The first kappa shape index (κ1) is 19.1. The van der Waals surface area contributed by atoms with Crippen LogP contribution in [0.2, 0.25) is 0 Å². The zero-order valence-electron chi connectivity index (χ0n) is 15.9. The zero-order chi connectivity index (χ0) is 19.1. The molecule has 1 aromatic heterocycles. The number of benzene rings is 1. The van der Waals surface area contributed by atoms with Crippen molar-refractivity contribution in [1.82, 2.24) is 14.8 Å². The van der Waals surface area contributed by atoms with E-state index in [1.807, 2.05) is 21.9 Å². The molecule has 0 unspecified atom stereocenters. The minimum atomic E-state index is -0.0160. The van der Waals surface area contributed by atoms with E-state index in [0.29, 0.717) is 31.7 Å². The molecule has 142 valence electrons. The van der Waals surface area contributed by atoms with E-state index >= 15 is 0 Å². The molecule has 0 spiro atoms. The van der Waals surface area contributed by atoms with Gasteiger partial charge >= 0.3 is 0 Å². The van der Waals surface area contributed by atoms with Gasteiger partial charge < -0.3 is 9.80 Å². The number of carbonyl (C=O) groups excluding carboxylic acids is 2. The van der Waals surface area contributed by atoms with Crippen molar-refractivity contribution >= 4 is 11.8 Å². The Labute approximate surface area is 161 Å². The second-order valence-corrected chi connectivity index (χ2v) is 6.98. The molecule has 2 aromatic rings. The van der Waals surface area contributed by atoms with Crippen molar-refractivity contribution in [2.45, 2.75) is 32.6 Å². The van der Waals surface area contributed by atoms with Crippen LogP contribution in [0.15, 0.2) is 48.8 Å². The quantitative estimate of drug-likeness (QED) is 0.816. The first-order chi connectivity index (χ1) is 13.2. The van der Waals surface area contributed by atoms with Gasteiger partial charge in [-0.25, -0.2) is 0 Å². The Morgan fingerprint density at radius 1 is 0.926 bits per heavy atom. The molecule has 0 radical (unpaired) electrons. The van der Waals surface area contributed by atoms with Crippen LogP contribution in [0.3, 0.4) is 0 Å². The third-order valence-electron chi connectivity index (χ3n) is 5.00. The number of hydrogen-bond acceptors (Lipinski definition) is 3. The number of amides is 2. The van der Waals surface area contributed by atoms with Crippen molar-refractivity contribution in [3.63, 3.8) is 0 Å². The van der Waals surface area contributed by atoms with Crippen LogP contribution in [0, 0.1) is 0 Å². The van der Waals surface area contributed by atoms with Crippen LogP contribution >= 0.6 is 0 Å². The van der Waals surface area contributed by atoms with Crippen molar-refractivity contribution in [1.29, 1.82) is 0 Å². The van der Waals surface area contributed by atoms with Crippen LogP contribution < -0.4 is 0 Å². The molecular formula is C22H27N3O2. The Morgan fingerprint density at radius 2 is 1.59 bits per heavy atom. The fraction of sp³-hybridized carbons (Fsp3) is 0.409. The van der Waals surface area contributed by atoms with E-state index in [2.05, 4.69) is 24.0 Å². The smallest absolute Gasteiger partial charge is 0.255 e. The van der Waals surface area contributed by atoms with Gasteiger partial charge in [0.1, 0.15) is 0 Å². The van der Waals surface area contributed by atoms with Crippen LogP contribution in [-0.4, -0.2) is 52.8 Å². The summed E-state index contributed by atoms with van der Waals surface area (Å²) < 4.78 is 0. The highest BCUT2D eigenvalue weighted by molar-refractivity contribution is 5.95. The number of aryl methyl sites for hydroxylation is 1. The first-order valence-electron chi connectivity index (χ1n) is 9.76. The minimum Gasteiger partial charge on any atom is -0.337 e. The molecule has 1 aliphatic heterocycles. The van der Waals surface area contributed by atoms with Crippen molar-refractivity contribution in [2.75, 3.05) is 26.2 Å². The molecule has 3 rings (SSSR count). The summed E-state index contributed by atoms with van der Waals surface area (Å²) >= 11 is 0. The van der Waals surface area contributed by atoms with Crippen molar-refractivity contribution in [3.05, 3.63) is 65.5 Å². The SMILES string of the molecule is CCCCc1ccc(C(=O)N2CCCN(C(=O)c3cccnc3)CC2)cc1. The Kier molecular flexibility index (Phi) is 6.58. The number of aromatic nitrogens is 1. The summed E-state index contributed by atoms with van der Waals surface area (Å²) in [7, 11) is 0. The number of carbonyl (C=O) groups is 2. The second kappa shape index (κ2) is 9.31. The topological polar surface area (TPSA) is 53.5 Å². The van der Waals surface area contributed by atoms with Crippen LogP contribution in [-0.2, 0) is 6.42 Å². The molecule has 5 nitrogen and oxygen atoms in total. The molecule has 1 aromatic carbocycles. The lowest BCUT2D eigenvalue weighted by molar-refractivity contribution is 0.0718. The highest BCUT2D eigenvalue weighted by Crippen LogP contribution is 2.13. The maximum atomic E-state index is 12.8. The van der Waals surface area contributed by atoms with Crippen molar-refractivity contribution in [3.8, 4) is 0 Å². The molecule has 1 aliphatic rings. The fourth-order valence-corrected chi connectivity index (χ4v) is 3.37. The Hall–Kier alpha value is -2.69. The van der Waals surface area contributed by atoms with Crippen molar-refractivity contribution in [2.24, 2.45) is 0 Å². The van der Waals surface area contributed by atoms with Crippen molar-refractivity contribution < 1.29 is 9.59 Å². The Morgan fingerprint density at radius 3 is 2.19 bits per heavy atom. The van der Waals surface area contributed by atoms with E-state index in [1.165, 1.54) is 18.4 Å². The van der Waals surface area contributed by atoms with E-state index in [4.69, 9.17) is 0 Å². The van der Waals surface area contributed by atoms with Gasteiger partial charge in [0, 0.05) is 44.1 Å². The molecule has 27 heavy (non-hydrogen) atoms. The molecule has 1 saturated heterocycles. The van der Waals surface area contributed by atoms with Gasteiger partial charge in [0.05, 0.1) is 5.56 Å². The minimum absolute atomic E-state index is 0.0160. The summed E-state index contributed by atoms with van der Waals surface area (Å²) in [4.78, 5) is 33.1. The van der Waals surface area contributed by atoms with E-state index in [0.717, 1.165) is 18.4 Å². The van der Waals surface area contributed by atoms with Gasteiger partial charge in [0.2, 0.25) is 0 Å². The van der Waals surface area contributed by atoms with Crippen LogP contribution in [0.1, 0.15) is 52.5 Å². The molecule has 0 aliphatic carbocycles. The van der Waals surface area contributed by atoms with Crippen LogP contribution in [0.5, 0.6) is 0 Å². The number of pyridine rings is 1. The van der Waals surface area contributed by atoms with E-state index in [1.54, 1.807) is 24.5 Å². The standard InChI is InChI=1S/C22H27N3O2/c1-2-3-6-18-8-10-19(11-9-18)21(26)24-13-5-14-25(16-15-24)22(27)20-7-4-12-23-17-20/h4,7-12,17H,2-3,5-6,13-16H2,1H3. The summed E-state index contributed by atoms with van der Waals surface area (Å²) in [6.45, 7) is 4.62. The molecule has 2 amide bonds. The normalized spacial score (nSPS) is 14.7. The maximum absolute atomic E-state index is 12.8. The molecule has 0 atom stereocenters. The van der Waals surface area contributed by atoms with E-state index < -0.39 is 0 Å². The van der Waals surface area contributed by atoms with Gasteiger partial charge in [-0.1, -0.05) is 25.5 Å². The summed E-state index contributed by atoms with van der Waals surface area (Å²) in [6.07, 6.45) is 7.43. The van der Waals surface area contributed by atoms with Gasteiger partial charge in [-0.05, 0) is 49.1 Å². The summed E-state index contributed by atoms with van der Waals surface area (Å²) in [5.74, 6) is 0.0328. The number of hydrogen-bond donors (Lipinski definition) is 0. The number of rotatable bonds is 5. The average Bonchev–Trinajstić information content (AvgIpc) is 2.98. The predicted octanol–water partition coefficient (Wildman–Crippen LogP) is 3.41. The molecular weight excluding hydrogens is 338 g/mol. The second-order valence-electron chi connectivity index (χ2n) is 6.98. The van der Waals surface area contributed by atoms with Crippen LogP contribution in [0.4, 0.5) is 0 Å². The van der Waals surface area contributed by atoms with Crippen LogP contribution in [0.25, 0.3) is 0 Å². The lowest BCUT2D eigenvalue weighted by atomic mass is 10.1. The largest absolute Gasteiger partial charge is 0.337 e. The highest BCUT2D eigenvalue weighted by Gasteiger charge is 2.23. The van der Waals surface area contributed by atoms with Gasteiger partial charge in [0.15, 0.2) is 0 Å². The Balaban J connectivity index is 1.60. The maximum Gasteiger partial charge on any atom is 0.255 e. The molecule has 1 fully saturated rings. The molecule has 5 heteroatoms. The molecule has 0 bridgehead atoms. The monoisotopic (exact) mass is 365 g/mol. The lowest BCUT2D eigenvalue weighted by Gasteiger charge is -2.22. The van der Waals surface area contributed by atoms with Gasteiger partial charge in [-0.2, -0.15) is 0 Å². The third kappa shape index (κ3) is 4.94. The fourth-order valence-electron chi connectivity index (χ4n) is 3.37. The Bertz CT molecular complexity index is 759. The van der Waals surface area contributed by atoms with E-state index in [9.17, 15) is 9.59 Å². The summed E-state index contributed by atoms with van der Waals surface area (Å²) in [6, 6.07) is 11.5. The summed E-state index contributed by atoms with van der Waals surface area (Å²) in [5.41, 5.74) is 2.60. The third-order valence-corrected chi connectivity index (χ3v) is 5.00. The van der Waals surface area contributed by atoms with E-state index in [-0.39, 0.29) is 11.8 Å². The summed E-state index contributed by atoms with van der Waals surface area (Å²) in [5, 5.41) is 0. The van der Waals surface area contributed by atoms with Gasteiger partial charge in [0.25, 0.3) is 11.8 Å². The predicted molar refractivity (Wildman–Crippen MR) is 106 cm³/mol. The zero-order valence-corrected chi connectivity index (χ0v) is 15.9. The number of nitrogens with zero attached hydrogens (tertiary/aromatic N) is 3. The molecule has 2 heterocycles. The lowest BCUT2D eigenvalue weighted by Crippen LogP contribution is -2.37. The van der Waals surface area contributed by atoms with Gasteiger partial charge in [-0.15, -0.1) is 0 Å². The first-order valence-corrected chi connectivity index (χ1v) is 9.76. The van der Waals surface area contributed by atoms with Gasteiger partial charge in [-0.3, -0.25) is 14.6 Å². The number of unbranched alkanes of at least 4 members (excludes halogenated alkanes) is 1. The molecule has 0 N–H and O–H groups in total.